The van der Waals surface area contributed by atoms with E-state index in [2.05, 4.69) is 26.6 Å². The summed E-state index contributed by atoms with van der Waals surface area (Å²) < 4.78 is 22.4. The Balaban J connectivity index is 1.50. The second-order valence-corrected chi connectivity index (χ2v) is 7.45. The summed E-state index contributed by atoms with van der Waals surface area (Å²) >= 11 is 3.49. The number of esters is 1. The third kappa shape index (κ3) is 4.20. The Bertz CT molecular complexity index is 1010. The van der Waals surface area contributed by atoms with Gasteiger partial charge in [0.15, 0.2) is 11.5 Å². The SMILES string of the molecule is CC1=C(C(=O)OCCOc2ccccc2)[C@H](c2cc3c(cc2Br)OCO3)NC(=O)N1. The molecule has 2 aliphatic rings. The highest BCUT2D eigenvalue weighted by atomic mass is 79.9. The number of carbonyl (C=O) groups is 2. The van der Waals surface area contributed by atoms with Crippen LogP contribution in [0.25, 0.3) is 0 Å². The molecule has 0 radical (unpaired) electrons. The Morgan fingerprint density at radius 1 is 1.17 bits per heavy atom. The van der Waals surface area contributed by atoms with E-state index in [0.717, 1.165) is 0 Å². The van der Waals surface area contributed by atoms with Crippen molar-refractivity contribution in [3.63, 3.8) is 0 Å². The van der Waals surface area contributed by atoms with Gasteiger partial charge in [0, 0.05) is 10.2 Å². The van der Waals surface area contributed by atoms with Crippen LogP contribution in [-0.2, 0) is 9.53 Å². The summed E-state index contributed by atoms with van der Waals surface area (Å²) in [6.45, 7) is 2.05. The van der Waals surface area contributed by atoms with Crippen LogP contribution in [0.5, 0.6) is 17.2 Å². The summed E-state index contributed by atoms with van der Waals surface area (Å²) in [4.78, 5) is 24.9. The number of amides is 2. The molecular formula is C21H19BrN2O6. The van der Waals surface area contributed by atoms with Gasteiger partial charge in [-0.2, -0.15) is 0 Å². The van der Waals surface area contributed by atoms with Gasteiger partial charge in [-0.15, -0.1) is 0 Å². The van der Waals surface area contributed by atoms with Crippen molar-refractivity contribution in [2.75, 3.05) is 20.0 Å². The zero-order valence-electron chi connectivity index (χ0n) is 16.1. The highest BCUT2D eigenvalue weighted by molar-refractivity contribution is 9.10. The number of nitrogens with one attached hydrogen (secondary N) is 2. The van der Waals surface area contributed by atoms with Crippen molar-refractivity contribution in [3.8, 4) is 17.2 Å². The van der Waals surface area contributed by atoms with E-state index >= 15 is 0 Å². The number of carbonyl (C=O) groups excluding carboxylic acids is 2. The molecule has 2 aromatic carbocycles. The molecule has 2 amide bonds. The van der Waals surface area contributed by atoms with Gasteiger partial charge in [-0.3, -0.25) is 0 Å². The first-order valence-electron chi connectivity index (χ1n) is 9.25. The highest BCUT2D eigenvalue weighted by Gasteiger charge is 2.34. The van der Waals surface area contributed by atoms with Gasteiger partial charge in [-0.25, -0.2) is 9.59 Å². The number of benzene rings is 2. The van der Waals surface area contributed by atoms with Gasteiger partial charge < -0.3 is 29.6 Å². The topological polar surface area (TPSA) is 95.1 Å². The van der Waals surface area contributed by atoms with Crippen molar-refractivity contribution in [1.82, 2.24) is 10.6 Å². The van der Waals surface area contributed by atoms with E-state index in [-0.39, 0.29) is 20.0 Å². The number of ether oxygens (including phenoxy) is 4. The maximum Gasteiger partial charge on any atom is 0.338 e. The molecule has 0 saturated heterocycles. The Morgan fingerprint density at radius 2 is 1.90 bits per heavy atom. The molecule has 30 heavy (non-hydrogen) atoms. The van der Waals surface area contributed by atoms with Crippen molar-refractivity contribution in [2.24, 2.45) is 0 Å². The maximum atomic E-state index is 12.9. The molecule has 4 rings (SSSR count). The number of hydrogen-bond acceptors (Lipinski definition) is 6. The fraction of sp³-hybridized carbons (Fsp3) is 0.238. The summed E-state index contributed by atoms with van der Waals surface area (Å²) in [6.07, 6.45) is 0. The first-order valence-corrected chi connectivity index (χ1v) is 10.0. The number of fused-ring (bicyclic) bond motifs is 1. The minimum atomic E-state index is -0.717. The Kier molecular flexibility index (Phi) is 5.80. The van der Waals surface area contributed by atoms with Gasteiger partial charge in [0.05, 0.1) is 11.6 Å². The van der Waals surface area contributed by atoms with Gasteiger partial charge in [0.1, 0.15) is 19.0 Å². The van der Waals surface area contributed by atoms with E-state index in [1.165, 1.54) is 0 Å². The fourth-order valence-electron chi connectivity index (χ4n) is 3.24. The van der Waals surface area contributed by atoms with Crippen LogP contribution in [0, 0.1) is 0 Å². The first-order chi connectivity index (χ1) is 14.5. The van der Waals surface area contributed by atoms with Crippen LogP contribution in [0.2, 0.25) is 0 Å². The van der Waals surface area contributed by atoms with E-state index in [4.69, 9.17) is 18.9 Å². The molecule has 9 heteroatoms. The van der Waals surface area contributed by atoms with Crippen molar-refractivity contribution in [2.45, 2.75) is 13.0 Å². The van der Waals surface area contributed by atoms with Crippen molar-refractivity contribution >= 4 is 27.9 Å². The molecule has 2 heterocycles. The third-order valence-corrected chi connectivity index (χ3v) is 5.31. The molecule has 0 fully saturated rings. The summed E-state index contributed by atoms with van der Waals surface area (Å²) in [5.74, 6) is 1.28. The molecule has 0 saturated carbocycles. The van der Waals surface area contributed by atoms with Gasteiger partial charge >= 0.3 is 12.0 Å². The average molecular weight is 475 g/mol. The zero-order chi connectivity index (χ0) is 21.1. The molecule has 0 unspecified atom stereocenters. The number of para-hydroxylation sites is 1. The molecular weight excluding hydrogens is 456 g/mol. The number of hydrogen-bond donors (Lipinski definition) is 2. The number of urea groups is 1. The van der Waals surface area contributed by atoms with E-state index in [1.54, 1.807) is 19.1 Å². The van der Waals surface area contributed by atoms with E-state index in [9.17, 15) is 9.59 Å². The summed E-state index contributed by atoms with van der Waals surface area (Å²) in [5.41, 5.74) is 1.37. The number of allylic oxidation sites excluding steroid dienone is 1. The molecule has 0 aromatic heterocycles. The average Bonchev–Trinajstić information content (AvgIpc) is 3.18. The van der Waals surface area contributed by atoms with Crippen LogP contribution in [0.3, 0.4) is 0 Å². The van der Waals surface area contributed by atoms with Gasteiger partial charge in [0.2, 0.25) is 6.79 Å². The normalized spacial score (nSPS) is 17.3. The highest BCUT2D eigenvalue weighted by Crippen LogP contribution is 2.41. The molecule has 2 aromatic rings. The Morgan fingerprint density at radius 3 is 2.67 bits per heavy atom. The van der Waals surface area contributed by atoms with Gasteiger partial charge in [0.25, 0.3) is 0 Å². The van der Waals surface area contributed by atoms with Crippen LogP contribution >= 0.6 is 15.9 Å². The molecule has 8 nitrogen and oxygen atoms in total. The lowest BCUT2D eigenvalue weighted by atomic mass is 9.95. The molecule has 0 spiro atoms. The lowest BCUT2D eigenvalue weighted by Gasteiger charge is -2.28. The predicted molar refractivity (Wildman–Crippen MR) is 110 cm³/mol. The van der Waals surface area contributed by atoms with E-state index in [1.807, 2.05) is 30.3 Å². The number of halogens is 1. The van der Waals surface area contributed by atoms with Crippen molar-refractivity contribution < 1.29 is 28.5 Å². The lowest BCUT2D eigenvalue weighted by molar-refractivity contribution is -0.140. The second kappa shape index (κ2) is 8.66. The maximum absolute atomic E-state index is 12.9. The van der Waals surface area contributed by atoms with Gasteiger partial charge in [-0.05, 0) is 36.8 Å². The smallest absolute Gasteiger partial charge is 0.338 e. The van der Waals surface area contributed by atoms with Crippen LogP contribution in [0.15, 0.2) is 58.2 Å². The molecule has 0 bridgehead atoms. The zero-order valence-corrected chi connectivity index (χ0v) is 17.7. The van der Waals surface area contributed by atoms with E-state index in [0.29, 0.717) is 38.6 Å². The molecule has 2 aliphatic heterocycles. The number of rotatable bonds is 6. The summed E-state index contributed by atoms with van der Waals surface area (Å²) in [6, 6.07) is 11.6. The fourth-order valence-corrected chi connectivity index (χ4v) is 3.79. The van der Waals surface area contributed by atoms with Crippen molar-refractivity contribution in [1.29, 1.82) is 0 Å². The summed E-state index contributed by atoms with van der Waals surface area (Å²) in [7, 11) is 0. The van der Waals surface area contributed by atoms with E-state index < -0.39 is 18.0 Å². The van der Waals surface area contributed by atoms with Crippen LogP contribution in [0.1, 0.15) is 18.5 Å². The Labute approximate surface area is 181 Å². The van der Waals surface area contributed by atoms with Crippen LogP contribution in [-0.4, -0.2) is 32.0 Å². The van der Waals surface area contributed by atoms with Crippen LogP contribution < -0.4 is 24.8 Å². The minimum Gasteiger partial charge on any atom is -0.490 e. The second-order valence-electron chi connectivity index (χ2n) is 6.59. The molecule has 1 atom stereocenters. The standard InChI is InChI=1S/C21H19BrN2O6/c1-12-18(20(25)28-8-7-27-13-5-3-2-4-6-13)19(24-21(26)23-12)14-9-16-17(10-15(14)22)30-11-29-16/h2-6,9-10,19H,7-8,11H2,1H3,(H2,23,24,26)/t19-/m0/s1. The molecule has 156 valence electrons. The van der Waals surface area contributed by atoms with Crippen molar-refractivity contribution in [3.05, 3.63) is 63.8 Å². The molecule has 2 N–H and O–H groups in total. The largest absolute Gasteiger partial charge is 0.490 e. The minimum absolute atomic E-state index is 0.0630. The van der Waals surface area contributed by atoms with Crippen LogP contribution in [0.4, 0.5) is 4.79 Å². The van der Waals surface area contributed by atoms with Gasteiger partial charge in [-0.1, -0.05) is 34.1 Å². The monoisotopic (exact) mass is 474 g/mol. The third-order valence-electron chi connectivity index (χ3n) is 4.62. The lowest BCUT2D eigenvalue weighted by Crippen LogP contribution is -2.45. The Hall–Kier alpha value is -3.20. The summed E-state index contributed by atoms with van der Waals surface area (Å²) in [5, 5.41) is 5.40. The quantitative estimate of drug-likeness (QED) is 0.491. The molecule has 0 aliphatic carbocycles. The first kappa shape index (κ1) is 20.1. The predicted octanol–water partition coefficient (Wildman–Crippen LogP) is 3.43.